The zero-order chi connectivity index (χ0) is 21.2. The number of carbonyl (C=O) groups is 1. The zero-order valence-corrected chi connectivity index (χ0v) is 17.7. The second kappa shape index (κ2) is 8.56. The van der Waals surface area contributed by atoms with Crippen molar-refractivity contribution in [3.8, 4) is 0 Å². The van der Waals surface area contributed by atoms with E-state index in [-0.39, 0.29) is 22.4 Å². The van der Waals surface area contributed by atoms with E-state index in [1.807, 2.05) is 6.92 Å². The van der Waals surface area contributed by atoms with Crippen LogP contribution in [0.4, 0.5) is 17.3 Å². The fourth-order valence-electron chi connectivity index (χ4n) is 2.89. The van der Waals surface area contributed by atoms with Crippen molar-refractivity contribution >= 4 is 44.8 Å². The van der Waals surface area contributed by atoms with E-state index >= 15 is 0 Å². The van der Waals surface area contributed by atoms with Crippen LogP contribution in [0.25, 0.3) is 0 Å². The summed E-state index contributed by atoms with van der Waals surface area (Å²) < 4.78 is 23.6. The number of primary amides is 1. The number of anilines is 3. The molecule has 1 aliphatic heterocycles. The van der Waals surface area contributed by atoms with Gasteiger partial charge in [0.2, 0.25) is 0 Å². The van der Waals surface area contributed by atoms with Crippen molar-refractivity contribution in [2.24, 2.45) is 5.73 Å². The second-order valence-electron chi connectivity index (χ2n) is 6.71. The van der Waals surface area contributed by atoms with Crippen LogP contribution in [0.15, 0.2) is 29.2 Å². The molecule has 3 rings (SSSR count). The van der Waals surface area contributed by atoms with Crippen molar-refractivity contribution in [2.75, 3.05) is 28.4 Å². The Morgan fingerprint density at radius 2 is 2.07 bits per heavy atom. The number of nitrogens with one attached hydrogen (secondary N) is 2. The predicted molar refractivity (Wildman–Crippen MR) is 114 cm³/mol. The molecule has 9 nitrogen and oxygen atoms in total. The number of amides is 1. The fourth-order valence-corrected chi connectivity index (χ4v) is 4.72. The van der Waals surface area contributed by atoms with E-state index in [0.29, 0.717) is 29.4 Å². The van der Waals surface area contributed by atoms with Crippen molar-refractivity contribution in [2.45, 2.75) is 30.4 Å². The molecule has 0 spiro atoms. The van der Waals surface area contributed by atoms with Gasteiger partial charge >= 0.3 is 0 Å². The average Bonchev–Trinajstić information content (AvgIpc) is 3.06. The normalized spacial score (nSPS) is 19.1. The Balaban J connectivity index is 2.00. The Morgan fingerprint density at radius 1 is 1.31 bits per heavy atom. The average molecular weight is 438 g/mol. The van der Waals surface area contributed by atoms with Gasteiger partial charge in [0.1, 0.15) is 0 Å². The lowest BCUT2D eigenvalue weighted by Gasteiger charge is -2.20. The molecular formula is C18H23N5O4S2. The summed E-state index contributed by atoms with van der Waals surface area (Å²) in [5, 5.41) is 16.2. The molecule has 2 unspecified atom stereocenters. The first-order valence-electron chi connectivity index (χ1n) is 8.99. The SMILES string of the molecule is CCc1nc(C(N)=O)c(Nc2cccc(S(C)(=O)=O)c2)nc1NC1CSCC1O. The summed E-state index contributed by atoms with van der Waals surface area (Å²) in [6.45, 7) is 1.88. The quantitative estimate of drug-likeness (QED) is 0.501. The molecule has 1 aliphatic rings. The van der Waals surface area contributed by atoms with Crippen molar-refractivity contribution in [1.29, 1.82) is 0 Å². The number of thioether (sulfide) groups is 1. The van der Waals surface area contributed by atoms with Crippen molar-refractivity contribution in [3.63, 3.8) is 0 Å². The summed E-state index contributed by atoms with van der Waals surface area (Å²) in [4.78, 5) is 20.9. The van der Waals surface area contributed by atoms with Crippen LogP contribution in [-0.4, -0.2) is 59.3 Å². The van der Waals surface area contributed by atoms with E-state index in [1.54, 1.807) is 23.9 Å². The first kappa shape index (κ1) is 21.3. The molecule has 29 heavy (non-hydrogen) atoms. The molecule has 2 atom stereocenters. The summed E-state index contributed by atoms with van der Waals surface area (Å²) in [7, 11) is -3.39. The first-order valence-corrected chi connectivity index (χ1v) is 12.0. The minimum absolute atomic E-state index is 0.0431. The van der Waals surface area contributed by atoms with Gasteiger partial charge in [-0.15, -0.1) is 0 Å². The summed E-state index contributed by atoms with van der Waals surface area (Å²) in [6.07, 6.45) is 1.12. The zero-order valence-electron chi connectivity index (χ0n) is 16.0. The number of hydrogen-bond acceptors (Lipinski definition) is 9. The number of carbonyl (C=O) groups excluding carboxylic acids is 1. The number of nitrogens with two attached hydrogens (primary N) is 1. The smallest absolute Gasteiger partial charge is 0.271 e. The highest BCUT2D eigenvalue weighted by molar-refractivity contribution is 7.99. The molecule has 0 bridgehead atoms. The number of aryl methyl sites for hydroxylation is 1. The Labute approximate surface area is 173 Å². The molecule has 1 aromatic heterocycles. The molecule has 0 aliphatic carbocycles. The highest BCUT2D eigenvalue weighted by Gasteiger charge is 2.27. The fraction of sp³-hybridized carbons (Fsp3) is 0.389. The van der Waals surface area contributed by atoms with Crippen LogP contribution in [0.2, 0.25) is 0 Å². The Bertz CT molecular complexity index is 1030. The summed E-state index contributed by atoms with van der Waals surface area (Å²) in [6, 6.07) is 5.98. The van der Waals surface area contributed by atoms with Gasteiger partial charge in [0.25, 0.3) is 5.91 Å². The molecule has 1 fully saturated rings. The van der Waals surface area contributed by atoms with E-state index in [2.05, 4.69) is 20.6 Å². The number of rotatable bonds is 7. The first-order chi connectivity index (χ1) is 13.7. The molecule has 0 saturated carbocycles. The van der Waals surface area contributed by atoms with Gasteiger partial charge in [-0.25, -0.2) is 18.4 Å². The molecule has 2 aromatic rings. The van der Waals surface area contributed by atoms with Gasteiger partial charge < -0.3 is 21.5 Å². The van der Waals surface area contributed by atoms with Crippen LogP contribution in [0.3, 0.4) is 0 Å². The number of hydrogen-bond donors (Lipinski definition) is 4. The lowest BCUT2D eigenvalue weighted by atomic mass is 10.2. The number of nitrogens with zero attached hydrogens (tertiary/aromatic N) is 2. The molecular weight excluding hydrogens is 414 g/mol. The summed E-state index contributed by atoms with van der Waals surface area (Å²) in [5.41, 5.74) is 6.42. The van der Waals surface area contributed by atoms with Crippen LogP contribution in [0.1, 0.15) is 23.1 Å². The maximum absolute atomic E-state index is 11.9. The third-order valence-corrected chi connectivity index (χ3v) is 6.72. The van der Waals surface area contributed by atoms with Gasteiger partial charge in [-0.2, -0.15) is 11.8 Å². The molecule has 1 aromatic carbocycles. The third kappa shape index (κ3) is 4.98. The lowest BCUT2D eigenvalue weighted by molar-refractivity contribution is 0.0996. The van der Waals surface area contributed by atoms with Crippen molar-refractivity contribution < 1.29 is 18.3 Å². The molecule has 11 heteroatoms. The van der Waals surface area contributed by atoms with E-state index < -0.39 is 21.8 Å². The Morgan fingerprint density at radius 3 is 2.66 bits per heavy atom. The monoisotopic (exact) mass is 437 g/mol. The van der Waals surface area contributed by atoms with Crippen LogP contribution >= 0.6 is 11.8 Å². The maximum Gasteiger partial charge on any atom is 0.271 e. The minimum atomic E-state index is -3.39. The molecule has 1 saturated heterocycles. The largest absolute Gasteiger partial charge is 0.390 e. The number of aliphatic hydroxyl groups excluding tert-OH is 1. The van der Waals surface area contributed by atoms with Gasteiger partial charge in [0, 0.05) is 23.4 Å². The highest BCUT2D eigenvalue weighted by Crippen LogP contribution is 2.27. The van der Waals surface area contributed by atoms with Gasteiger partial charge in [-0.1, -0.05) is 13.0 Å². The van der Waals surface area contributed by atoms with E-state index in [9.17, 15) is 18.3 Å². The molecule has 5 N–H and O–H groups in total. The minimum Gasteiger partial charge on any atom is -0.390 e. The van der Waals surface area contributed by atoms with Crippen molar-refractivity contribution in [1.82, 2.24) is 9.97 Å². The summed E-state index contributed by atoms with van der Waals surface area (Å²) in [5.74, 6) is 1.17. The lowest BCUT2D eigenvalue weighted by Crippen LogP contribution is -2.33. The van der Waals surface area contributed by atoms with Gasteiger partial charge in [-0.3, -0.25) is 4.79 Å². The Kier molecular flexibility index (Phi) is 6.30. The second-order valence-corrected chi connectivity index (χ2v) is 9.81. The standard InChI is InChI=1S/C18H23N5O4S2/c1-3-12-17(22-13-8-28-9-14(13)24)23-18(15(21-12)16(19)25)20-10-5-4-6-11(7-10)29(2,26)27/h4-7,13-14,24H,3,8-9H2,1-2H3,(H2,19,25)(H2,20,22,23). The number of aliphatic hydroxyl groups is 1. The number of aromatic nitrogens is 2. The summed E-state index contributed by atoms with van der Waals surface area (Å²) >= 11 is 1.63. The number of benzene rings is 1. The van der Waals surface area contributed by atoms with E-state index in [0.717, 1.165) is 12.0 Å². The van der Waals surface area contributed by atoms with Gasteiger partial charge in [0.15, 0.2) is 27.2 Å². The van der Waals surface area contributed by atoms with Gasteiger partial charge in [0.05, 0.1) is 22.7 Å². The van der Waals surface area contributed by atoms with Crippen LogP contribution in [-0.2, 0) is 16.3 Å². The molecule has 2 heterocycles. The van der Waals surface area contributed by atoms with Crippen LogP contribution < -0.4 is 16.4 Å². The maximum atomic E-state index is 11.9. The van der Waals surface area contributed by atoms with Crippen molar-refractivity contribution in [3.05, 3.63) is 35.7 Å². The van der Waals surface area contributed by atoms with Crippen LogP contribution in [0.5, 0.6) is 0 Å². The van der Waals surface area contributed by atoms with Crippen LogP contribution in [0, 0.1) is 0 Å². The topological polar surface area (TPSA) is 147 Å². The Hall–Kier alpha value is -2.37. The molecule has 1 amide bonds. The predicted octanol–water partition coefficient (Wildman–Crippen LogP) is 1.17. The van der Waals surface area contributed by atoms with E-state index in [4.69, 9.17) is 5.73 Å². The third-order valence-electron chi connectivity index (χ3n) is 4.43. The number of sulfone groups is 1. The highest BCUT2D eigenvalue weighted by atomic mass is 32.2. The van der Waals surface area contributed by atoms with E-state index in [1.165, 1.54) is 12.1 Å². The molecule has 0 radical (unpaired) electrons. The molecule has 156 valence electrons. The van der Waals surface area contributed by atoms with Gasteiger partial charge in [-0.05, 0) is 24.6 Å².